The summed E-state index contributed by atoms with van der Waals surface area (Å²) < 4.78 is 26.7. The normalized spacial score (nSPS) is 19.7. The number of benzene rings is 2. The summed E-state index contributed by atoms with van der Waals surface area (Å²) in [6.07, 6.45) is 0. The Morgan fingerprint density at radius 2 is 1.68 bits per heavy atom. The largest absolute Gasteiger partial charge is 0.480 e. The topological polar surface area (TPSA) is 98.5 Å². The minimum atomic E-state index is -3.94. The van der Waals surface area contributed by atoms with Gasteiger partial charge in [0.05, 0.1) is 16.5 Å². The highest BCUT2D eigenvalue weighted by molar-refractivity contribution is 8.00. The molecule has 0 bridgehead atoms. The number of carboxylic acids is 1. The van der Waals surface area contributed by atoms with Crippen molar-refractivity contribution in [3.63, 3.8) is 0 Å². The smallest absolute Gasteiger partial charge is 0.323 e. The molecule has 6 nitrogen and oxygen atoms in total. The lowest BCUT2D eigenvalue weighted by Crippen LogP contribution is -2.58. The van der Waals surface area contributed by atoms with E-state index in [-0.39, 0.29) is 11.4 Å². The van der Waals surface area contributed by atoms with Crippen molar-refractivity contribution < 1.29 is 18.3 Å². The minimum absolute atomic E-state index is 0.0684. The summed E-state index contributed by atoms with van der Waals surface area (Å²) >= 11 is 1.46. The molecule has 3 rings (SSSR count). The molecule has 0 amide bonds. The van der Waals surface area contributed by atoms with Crippen LogP contribution in [0.1, 0.15) is 19.4 Å². The summed E-state index contributed by atoms with van der Waals surface area (Å²) in [5, 5.41) is 18.5. The lowest BCUT2D eigenvalue weighted by atomic mass is 10.0. The number of carboxylic acid groups (broad SMARTS) is 1. The number of nitrogens with zero attached hydrogens (tertiary/aromatic N) is 2. The van der Waals surface area contributed by atoms with Gasteiger partial charge in [-0.3, -0.25) is 4.79 Å². The van der Waals surface area contributed by atoms with E-state index in [0.29, 0.717) is 11.3 Å². The van der Waals surface area contributed by atoms with Crippen LogP contribution in [0.2, 0.25) is 0 Å². The molecule has 28 heavy (non-hydrogen) atoms. The van der Waals surface area contributed by atoms with Crippen LogP contribution in [0.15, 0.2) is 53.4 Å². The minimum Gasteiger partial charge on any atom is -0.480 e. The number of carbonyl (C=O) groups is 1. The molecule has 146 valence electrons. The van der Waals surface area contributed by atoms with E-state index in [2.05, 4.69) is 6.07 Å². The molecule has 1 atom stereocenters. The number of hydrogen-bond donors (Lipinski definition) is 1. The number of hydrogen-bond acceptors (Lipinski definition) is 5. The number of sulfonamides is 1. The summed E-state index contributed by atoms with van der Waals surface area (Å²) in [4.78, 5) is 11.9. The van der Waals surface area contributed by atoms with Gasteiger partial charge in [-0.1, -0.05) is 24.3 Å². The Morgan fingerprint density at radius 1 is 1.14 bits per heavy atom. The number of nitriles is 1. The van der Waals surface area contributed by atoms with Crippen LogP contribution in [0.25, 0.3) is 11.1 Å². The molecule has 1 N–H and O–H groups in total. The van der Waals surface area contributed by atoms with Gasteiger partial charge in [0.2, 0.25) is 10.0 Å². The highest BCUT2D eigenvalue weighted by atomic mass is 32.2. The highest BCUT2D eigenvalue weighted by Crippen LogP contribution is 2.38. The lowest BCUT2D eigenvalue weighted by molar-refractivity contribution is -0.142. The Balaban J connectivity index is 1.93. The van der Waals surface area contributed by atoms with Gasteiger partial charge >= 0.3 is 5.97 Å². The molecular weight excluding hydrogens is 396 g/mol. The van der Waals surface area contributed by atoms with E-state index in [0.717, 1.165) is 15.4 Å². The zero-order chi connectivity index (χ0) is 20.5. The number of aliphatic carboxylic acids is 1. The summed E-state index contributed by atoms with van der Waals surface area (Å²) in [6, 6.07) is 14.3. The molecule has 2 aromatic carbocycles. The van der Waals surface area contributed by atoms with Crippen LogP contribution in [0, 0.1) is 11.3 Å². The fourth-order valence-corrected chi connectivity index (χ4v) is 6.42. The standard InChI is InChI=1S/C20H20N2O4S2/c1-20(2)18(19(23)24)22(11-12-27-20)28(25,26)17-9-7-16(8-10-17)15-5-3-14(13-21)4-6-15/h3-10,18H,11-12H2,1-2H3,(H,23,24)/t18-/m0/s1. The molecule has 1 aliphatic heterocycles. The third-order valence-electron chi connectivity index (χ3n) is 4.77. The van der Waals surface area contributed by atoms with Crippen LogP contribution in [-0.4, -0.2) is 46.9 Å². The van der Waals surface area contributed by atoms with E-state index in [1.165, 1.54) is 23.9 Å². The first-order valence-electron chi connectivity index (χ1n) is 8.66. The summed E-state index contributed by atoms with van der Waals surface area (Å²) in [6.45, 7) is 3.67. The first-order chi connectivity index (χ1) is 13.2. The zero-order valence-electron chi connectivity index (χ0n) is 15.5. The SMILES string of the molecule is CC1(C)SCCN(S(=O)(=O)c2ccc(-c3ccc(C#N)cc3)cc2)[C@H]1C(=O)O. The van der Waals surface area contributed by atoms with Crippen LogP contribution in [-0.2, 0) is 14.8 Å². The van der Waals surface area contributed by atoms with Gasteiger partial charge in [-0.2, -0.15) is 21.3 Å². The molecule has 1 aliphatic rings. The van der Waals surface area contributed by atoms with Crippen molar-refractivity contribution in [3.8, 4) is 17.2 Å². The van der Waals surface area contributed by atoms with E-state index < -0.39 is 26.8 Å². The molecular formula is C20H20N2O4S2. The Labute approximate surface area is 168 Å². The van der Waals surface area contributed by atoms with Crippen LogP contribution < -0.4 is 0 Å². The molecule has 1 saturated heterocycles. The molecule has 0 radical (unpaired) electrons. The Hall–Kier alpha value is -2.34. The van der Waals surface area contributed by atoms with Gasteiger partial charge in [-0.15, -0.1) is 0 Å². The summed E-state index contributed by atoms with van der Waals surface area (Å²) in [5.41, 5.74) is 2.22. The second kappa shape index (κ2) is 7.59. The first kappa shape index (κ1) is 20.4. The van der Waals surface area contributed by atoms with Gasteiger partial charge in [0, 0.05) is 17.0 Å². The molecule has 1 fully saturated rings. The molecule has 1 heterocycles. The number of thioether (sulfide) groups is 1. The first-order valence-corrected chi connectivity index (χ1v) is 11.1. The van der Waals surface area contributed by atoms with Gasteiger partial charge in [0.25, 0.3) is 0 Å². The second-order valence-corrected chi connectivity index (χ2v) is 10.7. The van der Waals surface area contributed by atoms with Crippen molar-refractivity contribution >= 4 is 27.8 Å². The Morgan fingerprint density at radius 3 is 2.18 bits per heavy atom. The number of rotatable bonds is 4. The molecule has 0 unspecified atom stereocenters. The van der Waals surface area contributed by atoms with Crippen molar-refractivity contribution in [3.05, 3.63) is 54.1 Å². The maximum absolute atomic E-state index is 13.1. The molecule has 2 aromatic rings. The highest BCUT2D eigenvalue weighted by Gasteiger charge is 2.48. The maximum atomic E-state index is 13.1. The molecule has 0 spiro atoms. The molecule has 8 heteroatoms. The maximum Gasteiger partial charge on any atom is 0.323 e. The van der Waals surface area contributed by atoms with Crippen molar-refractivity contribution in [1.82, 2.24) is 4.31 Å². The summed E-state index contributed by atoms with van der Waals surface area (Å²) in [7, 11) is -3.94. The van der Waals surface area contributed by atoms with Gasteiger partial charge in [0.15, 0.2) is 0 Å². The van der Waals surface area contributed by atoms with Crippen molar-refractivity contribution in [2.24, 2.45) is 0 Å². The fourth-order valence-electron chi connectivity index (χ4n) is 3.32. The van der Waals surface area contributed by atoms with Gasteiger partial charge < -0.3 is 5.11 Å². The molecule has 0 aromatic heterocycles. The van der Waals surface area contributed by atoms with Gasteiger partial charge in [0.1, 0.15) is 6.04 Å². The average Bonchev–Trinajstić information content (AvgIpc) is 2.67. The van der Waals surface area contributed by atoms with Gasteiger partial charge in [-0.25, -0.2) is 8.42 Å². The van der Waals surface area contributed by atoms with Crippen molar-refractivity contribution in [2.75, 3.05) is 12.3 Å². The van der Waals surface area contributed by atoms with E-state index >= 15 is 0 Å². The van der Waals surface area contributed by atoms with Crippen LogP contribution in [0.3, 0.4) is 0 Å². The predicted octanol–water partition coefficient (Wildman–Crippen LogP) is 3.19. The van der Waals surface area contributed by atoms with Crippen LogP contribution in [0.5, 0.6) is 0 Å². The van der Waals surface area contributed by atoms with E-state index in [4.69, 9.17) is 5.26 Å². The predicted molar refractivity (Wildman–Crippen MR) is 108 cm³/mol. The van der Waals surface area contributed by atoms with Gasteiger partial charge in [-0.05, 0) is 49.2 Å². The zero-order valence-corrected chi connectivity index (χ0v) is 17.1. The Bertz CT molecular complexity index is 1020. The average molecular weight is 417 g/mol. The van der Waals surface area contributed by atoms with Crippen molar-refractivity contribution in [2.45, 2.75) is 29.5 Å². The third kappa shape index (κ3) is 3.78. The molecule has 0 aliphatic carbocycles. The second-order valence-electron chi connectivity index (χ2n) is 7.02. The monoisotopic (exact) mass is 416 g/mol. The quantitative estimate of drug-likeness (QED) is 0.822. The third-order valence-corrected chi connectivity index (χ3v) is 8.01. The lowest BCUT2D eigenvalue weighted by Gasteiger charge is -2.42. The van der Waals surface area contributed by atoms with E-state index in [9.17, 15) is 18.3 Å². The molecule has 0 saturated carbocycles. The van der Waals surface area contributed by atoms with Crippen LogP contribution >= 0.6 is 11.8 Å². The van der Waals surface area contributed by atoms with Crippen molar-refractivity contribution in [1.29, 1.82) is 5.26 Å². The fraction of sp³-hybridized carbons (Fsp3) is 0.300. The van der Waals surface area contributed by atoms with E-state index in [1.54, 1.807) is 50.2 Å². The van der Waals surface area contributed by atoms with E-state index in [1.807, 2.05) is 0 Å². The Kier molecular flexibility index (Phi) is 5.53. The summed E-state index contributed by atoms with van der Waals surface area (Å²) in [5.74, 6) is -0.603. The van der Waals surface area contributed by atoms with Crippen LogP contribution in [0.4, 0.5) is 0 Å².